The molecule has 0 amide bonds. The lowest BCUT2D eigenvalue weighted by atomic mass is 9.91. The third-order valence-electron chi connectivity index (χ3n) is 1.65. The summed E-state index contributed by atoms with van der Waals surface area (Å²) in [5, 5.41) is 0. The zero-order valence-corrected chi connectivity index (χ0v) is 9.55. The Labute approximate surface area is 85.7 Å². The van der Waals surface area contributed by atoms with Crippen LogP contribution >= 0.6 is 0 Å². The van der Waals surface area contributed by atoms with Gasteiger partial charge in [0.05, 0.1) is 6.61 Å². The van der Waals surface area contributed by atoms with E-state index in [0.717, 1.165) is 12.8 Å². The first-order chi connectivity index (χ1) is 5.83. The topological polar surface area (TPSA) is 26.3 Å². The summed E-state index contributed by atoms with van der Waals surface area (Å²) in [5.41, 5.74) is 0.783. The van der Waals surface area contributed by atoms with Gasteiger partial charge in [-0.2, -0.15) is 0 Å². The first kappa shape index (κ1) is 15.6. The molecular formula is C11H21FO2. The van der Waals surface area contributed by atoms with Crippen LogP contribution in [0.1, 0.15) is 40.5 Å². The Morgan fingerprint density at radius 1 is 1.36 bits per heavy atom. The fourth-order valence-electron chi connectivity index (χ4n) is 0.891. The molecule has 0 aromatic heterocycles. The van der Waals surface area contributed by atoms with E-state index in [1.54, 1.807) is 6.92 Å². The predicted octanol–water partition coefficient (Wildman–Crippen LogP) is 3.08. The highest BCUT2D eigenvalue weighted by Gasteiger charge is 2.10. The van der Waals surface area contributed by atoms with Crippen molar-refractivity contribution in [3.05, 3.63) is 12.2 Å². The van der Waals surface area contributed by atoms with Gasteiger partial charge in [-0.25, -0.2) is 4.79 Å². The second-order valence-electron chi connectivity index (χ2n) is 4.58. The second kappa shape index (κ2) is 6.57. The van der Waals surface area contributed by atoms with E-state index in [1.807, 2.05) is 0 Å². The van der Waals surface area contributed by atoms with Gasteiger partial charge in [0.15, 0.2) is 0 Å². The first-order valence-electron chi connectivity index (χ1n) is 4.65. The summed E-state index contributed by atoms with van der Waals surface area (Å²) in [5.74, 6) is -0.283. The average Bonchev–Trinajstić information content (AvgIpc) is 1.95. The van der Waals surface area contributed by atoms with Gasteiger partial charge < -0.3 is 4.74 Å². The van der Waals surface area contributed by atoms with E-state index >= 15 is 0 Å². The molecule has 0 N–H and O–H groups in total. The van der Waals surface area contributed by atoms with Crippen molar-refractivity contribution in [3.8, 4) is 0 Å². The summed E-state index contributed by atoms with van der Waals surface area (Å²) in [6, 6.07) is 0. The summed E-state index contributed by atoms with van der Waals surface area (Å²) >= 11 is 0. The minimum atomic E-state index is -0.283. The molecule has 0 rings (SSSR count). The molecule has 0 saturated carbocycles. The highest BCUT2D eigenvalue weighted by Crippen LogP contribution is 2.20. The van der Waals surface area contributed by atoms with Crippen LogP contribution in [0.3, 0.4) is 0 Å². The van der Waals surface area contributed by atoms with Gasteiger partial charge in [0, 0.05) is 5.57 Å². The van der Waals surface area contributed by atoms with Crippen molar-refractivity contribution in [2.45, 2.75) is 40.5 Å². The number of carbonyl (C=O) groups excluding carboxylic acids is 1. The average molecular weight is 204 g/mol. The molecule has 0 atom stereocenters. The van der Waals surface area contributed by atoms with Crippen molar-refractivity contribution >= 4 is 5.97 Å². The lowest BCUT2D eigenvalue weighted by molar-refractivity contribution is -0.139. The van der Waals surface area contributed by atoms with E-state index in [0.29, 0.717) is 17.6 Å². The highest BCUT2D eigenvalue weighted by atomic mass is 19.0. The van der Waals surface area contributed by atoms with E-state index in [4.69, 9.17) is 4.74 Å². The maximum atomic E-state index is 10.9. The largest absolute Gasteiger partial charge is 0.462 e. The molecule has 0 spiro atoms. The number of esters is 1. The van der Waals surface area contributed by atoms with Gasteiger partial charge in [-0.3, -0.25) is 4.70 Å². The lowest BCUT2D eigenvalue weighted by Gasteiger charge is -2.17. The van der Waals surface area contributed by atoms with Crippen LogP contribution in [0.2, 0.25) is 0 Å². The quantitative estimate of drug-likeness (QED) is 0.399. The van der Waals surface area contributed by atoms with Crippen LogP contribution in [-0.4, -0.2) is 12.6 Å². The molecule has 0 radical (unpaired) electrons. The molecule has 0 aliphatic carbocycles. The number of hydrogen-bond donors (Lipinski definition) is 0. The summed E-state index contributed by atoms with van der Waals surface area (Å²) < 4.78 is 4.96. The van der Waals surface area contributed by atoms with Crippen molar-refractivity contribution in [1.82, 2.24) is 0 Å². The third-order valence-corrected chi connectivity index (χ3v) is 1.65. The molecule has 0 aliphatic heterocycles. The second-order valence-corrected chi connectivity index (χ2v) is 4.58. The van der Waals surface area contributed by atoms with E-state index in [2.05, 4.69) is 27.4 Å². The Morgan fingerprint density at radius 3 is 2.21 bits per heavy atom. The molecule has 0 fully saturated rings. The summed E-state index contributed by atoms with van der Waals surface area (Å²) in [7, 11) is 0. The maximum absolute atomic E-state index is 10.9. The predicted molar refractivity (Wildman–Crippen MR) is 57.0 cm³/mol. The Bertz CT molecular complexity index is 192. The summed E-state index contributed by atoms with van der Waals surface area (Å²) in [6.07, 6.45) is 1.99. The molecule has 0 bridgehead atoms. The molecule has 0 aromatic rings. The van der Waals surface area contributed by atoms with E-state index in [-0.39, 0.29) is 10.7 Å². The van der Waals surface area contributed by atoms with E-state index in [1.165, 1.54) is 0 Å². The smallest absolute Gasteiger partial charge is 0.333 e. The SMILES string of the molecule is C=C(C)C(=O)OCCCC(C)(C)C.F. The van der Waals surface area contributed by atoms with Gasteiger partial charge in [-0.15, -0.1) is 0 Å². The third kappa shape index (κ3) is 9.23. The van der Waals surface area contributed by atoms with Gasteiger partial charge in [0.2, 0.25) is 0 Å². The van der Waals surface area contributed by atoms with Crippen LogP contribution in [0, 0.1) is 5.41 Å². The summed E-state index contributed by atoms with van der Waals surface area (Å²) in [6.45, 7) is 12.2. The normalized spacial score (nSPS) is 10.3. The number of ether oxygens (including phenoxy) is 1. The molecule has 3 heteroatoms. The van der Waals surface area contributed by atoms with E-state index in [9.17, 15) is 4.79 Å². The fraction of sp³-hybridized carbons (Fsp3) is 0.727. The van der Waals surface area contributed by atoms with Crippen molar-refractivity contribution in [2.75, 3.05) is 6.61 Å². The van der Waals surface area contributed by atoms with Gasteiger partial charge in [0.1, 0.15) is 0 Å². The standard InChI is InChI=1S/C11H20O2.FH/c1-9(2)10(12)13-8-6-7-11(3,4)5;/h1,6-8H2,2-5H3;1H. The monoisotopic (exact) mass is 204 g/mol. The van der Waals surface area contributed by atoms with Crippen molar-refractivity contribution in [1.29, 1.82) is 0 Å². The number of halogens is 1. The summed E-state index contributed by atoms with van der Waals surface area (Å²) in [4.78, 5) is 10.9. The highest BCUT2D eigenvalue weighted by molar-refractivity contribution is 5.86. The lowest BCUT2D eigenvalue weighted by Crippen LogP contribution is -2.10. The van der Waals surface area contributed by atoms with Crippen LogP contribution in [0.15, 0.2) is 12.2 Å². The Morgan fingerprint density at radius 2 is 1.86 bits per heavy atom. The first-order valence-corrected chi connectivity index (χ1v) is 4.65. The van der Waals surface area contributed by atoms with E-state index < -0.39 is 0 Å². The van der Waals surface area contributed by atoms with Crippen LogP contribution in [0.5, 0.6) is 0 Å². The van der Waals surface area contributed by atoms with Crippen molar-refractivity contribution in [2.24, 2.45) is 5.41 Å². The molecule has 0 aliphatic rings. The Kier molecular flexibility index (Phi) is 7.33. The molecule has 0 aromatic carbocycles. The fourth-order valence-corrected chi connectivity index (χ4v) is 0.891. The molecular weight excluding hydrogens is 183 g/mol. The van der Waals surface area contributed by atoms with Crippen LogP contribution < -0.4 is 0 Å². The van der Waals surface area contributed by atoms with Gasteiger partial charge in [0.25, 0.3) is 0 Å². The van der Waals surface area contributed by atoms with Crippen molar-refractivity contribution in [3.63, 3.8) is 0 Å². The Balaban J connectivity index is 0. The number of rotatable bonds is 4. The number of hydrogen-bond acceptors (Lipinski definition) is 2. The maximum Gasteiger partial charge on any atom is 0.333 e. The Hall–Kier alpha value is -0.860. The minimum Gasteiger partial charge on any atom is -0.462 e. The molecule has 2 nitrogen and oxygen atoms in total. The van der Waals surface area contributed by atoms with Gasteiger partial charge in [-0.1, -0.05) is 27.4 Å². The minimum absolute atomic E-state index is 0. The molecule has 14 heavy (non-hydrogen) atoms. The van der Waals surface area contributed by atoms with Crippen LogP contribution in [0.25, 0.3) is 0 Å². The zero-order chi connectivity index (χ0) is 10.5. The molecule has 84 valence electrons. The number of carbonyl (C=O) groups is 1. The van der Waals surface area contributed by atoms with Crippen LogP contribution in [-0.2, 0) is 9.53 Å². The zero-order valence-electron chi connectivity index (χ0n) is 9.55. The molecule has 0 saturated heterocycles. The van der Waals surface area contributed by atoms with Crippen molar-refractivity contribution < 1.29 is 14.2 Å². The molecule has 0 unspecified atom stereocenters. The van der Waals surface area contributed by atoms with Gasteiger partial charge >= 0.3 is 5.97 Å². The molecule has 0 heterocycles. The van der Waals surface area contributed by atoms with Gasteiger partial charge in [-0.05, 0) is 25.2 Å². The van der Waals surface area contributed by atoms with Crippen LogP contribution in [0.4, 0.5) is 4.70 Å².